The van der Waals surface area contributed by atoms with Crippen molar-refractivity contribution in [3.05, 3.63) is 53.7 Å². The first kappa shape index (κ1) is 22.4. The number of aromatic nitrogens is 1. The van der Waals surface area contributed by atoms with Gasteiger partial charge in [0.25, 0.3) is 0 Å². The van der Waals surface area contributed by atoms with E-state index in [2.05, 4.69) is 15.6 Å². The number of aromatic hydroxyl groups is 1. The van der Waals surface area contributed by atoms with Crippen LogP contribution < -0.4 is 10.6 Å². The van der Waals surface area contributed by atoms with Crippen molar-refractivity contribution in [3.8, 4) is 16.9 Å². The number of nitrogens with zero attached hydrogens (tertiary/aromatic N) is 1. The van der Waals surface area contributed by atoms with Gasteiger partial charge in [-0.2, -0.15) is 0 Å². The lowest BCUT2D eigenvalue weighted by Crippen LogP contribution is -2.48. The van der Waals surface area contributed by atoms with E-state index in [0.29, 0.717) is 40.6 Å². The Morgan fingerprint density at radius 3 is 2.33 bits per heavy atom. The van der Waals surface area contributed by atoms with Crippen LogP contribution in [0.3, 0.4) is 0 Å². The molecule has 2 atom stereocenters. The Labute approximate surface area is 188 Å². The molecule has 0 aliphatic heterocycles. The second-order valence-electron chi connectivity index (χ2n) is 8.21. The molecule has 9 heteroatoms. The molecule has 0 spiro atoms. The Kier molecular flexibility index (Phi) is 6.13. The van der Waals surface area contributed by atoms with Crippen LogP contribution in [0.1, 0.15) is 43.0 Å². The third-order valence-corrected chi connectivity index (χ3v) is 6.00. The van der Waals surface area contributed by atoms with Crippen LogP contribution in [0.15, 0.2) is 36.5 Å². The number of benzene rings is 2. The molecular formula is C24H23F2N3O4. The van der Waals surface area contributed by atoms with Crippen LogP contribution >= 0.6 is 0 Å². The van der Waals surface area contributed by atoms with Crippen LogP contribution in [-0.4, -0.2) is 39.2 Å². The molecule has 0 bridgehead atoms. The number of carbonyl (C=O) groups excluding carboxylic acids is 1. The van der Waals surface area contributed by atoms with Crippen LogP contribution in [-0.2, 0) is 0 Å². The Morgan fingerprint density at radius 2 is 1.70 bits per heavy atom. The van der Waals surface area contributed by atoms with E-state index in [0.717, 1.165) is 25.0 Å². The molecule has 2 aromatic carbocycles. The van der Waals surface area contributed by atoms with Crippen LogP contribution in [0.5, 0.6) is 5.75 Å². The van der Waals surface area contributed by atoms with E-state index in [9.17, 15) is 28.6 Å². The number of Topliss-reactive ketones (excluding diaryl/α,β-unsaturated/α-hetero) is 1. The van der Waals surface area contributed by atoms with Crippen molar-refractivity contribution in [2.24, 2.45) is 0 Å². The quantitative estimate of drug-likeness (QED) is 0.399. The van der Waals surface area contributed by atoms with Gasteiger partial charge >= 0.3 is 6.09 Å². The fourth-order valence-corrected chi connectivity index (χ4v) is 4.35. The molecule has 1 heterocycles. The second-order valence-corrected chi connectivity index (χ2v) is 8.21. The van der Waals surface area contributed by atoms with Crippen molar-refractivity contribution in [2.45, 2.75) is 44.7 Å². The van der Waals surface area contributed by atoms with Crippen molar-refractivity contribution in [3.63, 3.8) is 0 Å². The number of ketones is 1. The van der Waals surface area contributed by atoms with E-state index in [1.54, 1.807) is 18.2 Å². The topological polar surface area (TPSA) is 112 Å². The van der Waals surface area contributed by atoms with E-state index < -0.39 is 23.5 Å². The number of halogens is 2. The first-order valence-corrected chi connectivity index (χ1v) is 10.6. The number of fused-ring (bicyclic) bond motifs is 1. The summed E-state index contributed by atoms with van der Waals surface area (Å²) in [6.45, 7) is 1.41. The van der Waals surface area contributed by atoms with Gasteiger partial charge in [-0.15, -0.1) is 0 Å². The largest absolute Gasteiger partial charge is 0.503 e. The van der Waals surface area contributed by atoms with E-state index in [1.165, 1.54) is 13.1 Å². The molecule has 0 radical (unpaired) electrons. The Balaban J connectivity index is 1.83. The molecule has 1 amide bonds. The summed E-state index contributed by atoms with van der Waals surface area (Å²) < 4.78 is 27.9. The molecule has 4 N–H and O–H groups in total. The number of phenolic OH excluding ortho intramolecular Hbond substituents is 1. The smallest absolute Gasteiger partial charge is 0.404 e. The van der Waals surface area contributed by atoms with Gasteiger partial charge in [0.05, 0.1) is 22.8 Å². The molecule has 1 fully saturated rings. The summed E-state index contributed by atoms with van der Waals surface area (Å²) >= 11 is 0. The van der Waals surface area contributed by atoms with Crippen molar-refractivity contribution < 1.29 is 28.6 Å². The third kappa shape index (κ3) is 4.57. The zero-order chi connectivity index (χ0) is 23.7. The molecule has 1 aliphatic carbocycles. The molecule has 172 valence electrons. The molecule has 1 saturated carbocycles. The highest BCUT2D eigenvalue weighted by atomic mass is 19.1. The summed E-state index contributed by atoms with van der Waals surface area (Å²) in [6, 6.07) is 6.48. The zero-order valence-corrected chi connectivity index (χ0v) is 17.9. The van der Waals surface area contributed by atoms with Crippen LogP contribution in [0.25, 0.3) is 22.0 Å². The number of nitrogens with one attached hydrogen (secondary N) is 2. The van der Waals surface area contributed by atoms with Gasteiger partial charge < -0.3 is 20.8 Å². The Morgan fingerprint density at radius 1 is 1.03 bits per heavy atom. The Bertz CT molecular complexity index is 1220. The summed E-state index contributed by atoms with van der Waals surface area (Å²) in [6.07, 6.45) is 3.53. The minimum absolute atomic E-state index is 0.215. The maximum Gasteiger partial charge on any atom is 0.404 e. The predicted molar refractivity (Wildman–Crippen MR) is 120 cm³/mol. The van der Waals surface area contributed by atoms with E-state index in [1.807, 2.05) is 0 Å². The van der Waals surface area contributed by atoms with Crippen LogP contribution in [0.4, 0.5) is 19.3 Å². The van der Waals surface area contributed by atoms with Gasteiger partial charge in [0.2, 0.25) is 0 Å². The maximum absolute atomic E-state index is 13.9. The lowest BCUT2D eigenvalue weighted by Gasteiger charge is -2.33. The lowest BCUT2D eigenvalue weighted by molar-refractivity contribution is 0.101. The molecule has 1 aromatic heterocycles. The highest BCUT2D eigenvalue weighted by Crippen LogP contribution is 2.34. The number of rotatable bonds is 5. The second kappa shape index (κ2) is 9.01. The SMILES string of the molecule is CC(=O)c1cnc2ccc(-c3cc(F)c(O)c(F)c3)cc2c1NC1CCCCC1NC(=O)O. The fourth-order valence-electron chi connectivity index (χ4n) is 4.35. The average molecular weight is 455 g/mol. The number of amides is 1. The zero-order valence-electron chi connectivity index (χ0n) is 17.9. The van der Waals surface area contributed by atoms with Crippen LogP contribution in [0, 0.1) is 11.6 Å². The number of phenols is 1. The lowest BCUT2D eigenvalue weighted by atomic mass is 9.89. The predicted octanol–water partition coefficient (Wildman–Crippen LogP) is 5.08. The number of anilines is 1. The molecule has 3 aromatic rings. The molecule has 2 unspecified atom stereocenters. The molecular weight excluding hydrogens is 432 g/mol. The maximum atomic E-state index is 13.9. The monoisotopic (exact) mass is 455 g/mol. The Hall–Kier alpha value is -3.75. The fraction of sp³-hybridized carbons (Fsp3) is 0.292. The van der Waals surface area contributed by atoms with Gasteiger partial charge in [-0.3, -0.25) is 9.78 Å². The van der Waals surface area contributed by atoms with Gasteiger partial charge in [-0.25, -0.2) is 13.6 Å². The summed E-state index contributed by atoms with van der Waals surface area (Å²) in [5.41, 5.74) is 2.08. The van der Waals surface area contributed by atoms with Gasteiger partial charge in [0, 0.05) is 17.6 Å². The van der Waals surface area contributed by atoms with Crippen molar-refractivity contribution >= 4 is 28.5 Å². The summed E-state index contributed by atoms with van der Waals surface area (Å²) in [5.74, 6) is -3.43. The molecule has 7 nitrogen and oxygen atoms in total. The number of carboxylic acid groups (broad SMARTS) is 1. The number of carbonyl (C=O) groups is 2. The standard InChI is InChI=1S/C24H23F2N3O4/c1-12(30)16-11-27-19-7-6-13(14-9-17(25)23(31)18(26)10-14)8-15(19)22(16)28-20-4-2-3-5-21(20)29-24(32)33/h6-11,20-21,29,31H,2-5H2,1H3,(H,27,28)(H,32,33). The van der Waals surface area contributed by atoms with Crippen LogP contribution in [0.2, 0.25) is 0 Å². The number of pyridine rings is 1. The van der Waals surface area contributed by atoms with E-state index in [4.69, 9.17) is 0 Å². The average Bonchev–Trinajstić information content (AvgIpc) is 2.77. The molecule has 4 rings (SSSR count). The van der Waals surface area contributed by atoms with E-state index in [-0.39, 0.29) is 23.4 Å². The molecule has 33 heavy (non-hydrogen) atoms. The van der Waals surface area contributed by atoms with Crippen molar-refractivity contribution in [2.75, 3.05) is 5.32 Å². The number of hydrogen-bond acceptors (Lipinski definition) is 5. The van der Waals surface area contributed by atoms with Crippen molar-refractivity contribution in [1.29, 1.82) is 0 Å². The minimum Gasteiger partial charge on any atom is -0.503 e. The highest BCUT2D eigenvalue weighted by molar-refractivity contribution is 6.07. The summed E-state index contributed by atoms with van der Waals surface area (Å²) in [4.78, 5) is 28.0. The first-order valence-electron chi connectivity index (χ1n) is 10.6. The van der Waals surface area contributed by atoms with Gasteiger partial charge in [-0.05, 0) is 55.2 Å². The first-order chi connectivity index (χ1) is 15.7. The highest BCUT2D eigenvalue weighted by Gasteiger charge is 2.28. The summed E-state index contributed by atoms with van der Waals surface area (Å²) in [7, 11) is 0. The van der Waals surface area contributed by atoms with Gasteiger partial charge in [0.1, 0.15) is 0 Å². The normalized spacial score (nSPS) is 18.2. The van der Waals surface area contributed by atoms with E-state index >= 15 is 0 Å². The van der Waals surface area contributed by atoms with Crippen molar-refractivity contribution in [1.82, 2.24) is 10.3 Å². The minimum atomic E-state index is -1.11. The van der Waals surface area contributed by atoms with Gasteiger partial charge in [0.15, 0.2) is 23.2 Å². The van der Waals surface area contributed by atoms with Gasteiger partial charge in [-0.1, -0.05) is 18.9 Å². The molecule has 1 aliphatic rings. The third-order valence-electron chi connectivity index (χ3n) is 6.00. The molecule has 0 saturated heterocycles. The number of hydrogen-bond donors (Lipinski definition) is 4. The summed E-state index contributed by atoms with van der Waals surface area (Å²) in [5, 5.41) is 25.1.